The van der Waals surface area contributed by atoms with Crippen LogP contribution in [-0.4, -0.2) is 0 Å². The Morgan fingerprint density at radius 3 is 2.13 bits per heavy atom. The molecule has 0 rings (SSSR count). The quantitative estimate of drug-likeness (QED) is 0.323. The fourth-order valence-corrected chi connectivity index (χ4v) is 1.19. The zero-order chi connectivity index (χ0) is 11.2. The van der Waals surface area contributed by atoms with Crippen molar-refractivity contribution >= 4 is 0 Å². The van der Waals surface area contributed by atoms with Gasteiger partial charge in [-0.25, -0.2) is 0 Å². The highest BCUT2D eigenvalue weighted by atomic mass is 14.2. The minimum atomic E-state index is 0.619. The topological polar surface area (TPSA) is 23.8 Å². The van der Waals surface area contributed by atoms with E-state index < -0.39 is 0 Å². The SMILES string of the molecule is C/C=C/CCCC/C=C/C=C/CCC#N. The highest BCUT2D eigenvalue weighted by molar-refractivity contribution is 5.02. The number of hydrogen-bond acceptors (Lipinski definition) is 1. The smallest absolute Gasteiger partial charge is 0.0625 e. The van der Waals surface area contributed by atoms with Crippen molar-refractivity contribution in [3.63, 3.8) is 0 Å². The second kappa shape index (κ2) is 12.7. The molecule has 0 aliphatic rings. The normalized spacial score (nSPS) is 11.7. The lowest BCUT2D eigenvalue weighted by Crippen LogP contribution is -1.71. The van der Waals surface area contributed by atoms with Crippen molar-refractivity contribution in [2.24, 2.45) is 0 Å². The molecule has 0 unspecified atom stereocenters. The first-order valence-electron chi connectivity index (χ1n) is 5.71. The molecule has 0 aromatic rings. The van der Waals surface area contributed by atoms with Crippen LogP contribution in [0.25, 0.3) is 0 Å². The van der Waals surface area contributed by atoms with Crippen molar-refractivity contribution in [3.05, 3.63) is 36.5 Å². The van der Waals surface area contributed by atoms with Gasteiger partial charge in [0.05, 0.1) is 6.07 Å². The highest BCUT2D eigenvalue weighted by Gasteiger charge is 1.82. The summed E-state index contributed by atoms with van der Waals surface area (Å²) in [6, 6.07) is 2.12. The summed E-state index contributed by atoms with van der Waals surface area (Å²) in [6.45, 7) is 2.06. The van der Waals surface area contributed by atoms with Gasteiger partial charge in [0.1, 0.15) is 0 Å². The van der Waals surface area contributed by atoms with Gasteiger partial charge in [-0.15, -0.1) is 0 Å². The number of rotatable bonds is 8. The van der Waals surface area contributed by atoms with E-state index in [0.717, 1.165) is 12.8 Å². The maximum absolute atomic E-state index is 8.30. The summed E-state index contributed by atoms with van der Waals surface area (Å²) in [6.07, 6.45) is 19.0. The van der Waals surface area contributed by atoms with Crippen molar-refractivity contribution in [3.8, 4) is 6.07 Å². The monoisotopic (exact) mass is 203 g/mol. The molecule has 0 fully saturated rings. The fourth-order valence-electron chi connectivity index (χ4n) is 1.19. The summed E-state index contributed by atoms with van der Waals surface area (Å²) in [5.74, 6) is 0. The lowest BCUT2D eigenvalue weighted by molar-refractivity contribution is 0.762. The van der Waals surface area contributed by atoms with E-state index in [1.165, 1.54) is 19.3 Å². The van der Waals surface area contributed by atoms with Crippen molar-refractivity contribution in [2.45, 2.75) is 45.4 Å². The average Bonchev–Trinajstić information content (AvgIpc) is 2.26. The summed E-state index contributed by atoms with van der Waals surface area (Å²) in [5.41, 5.74) is 0. The molecule has 0 atom stereocenters. The van der Waals surface area contributed by atoms with Crippen molar-refractivity contribution < 1.29 is 0 Å². The van der Waals surface area contributed by atoms with Gasteiger partial charge in [-0.1, -0.05) is 36.5 Å². The summed E-state index contributed by atoms with van der Waals surface area (Å²) in [5, 5.41) is 8.30. The Bertz CT molecular complexity index is 241. The molecule has 1 heteroatoms. The Labute approximate surface area is 93.8 Å². The van der Waals surface area contributed by atoms with Gasteiger partial charge in [-0.3, -0.25) is 0 Å². The third-order valence-electron chi connectivity index (χ3n) is 2.03. The third kappa shape index (κ3) is 12.7. The molecule has 0 aromatic carbocycles. The Morgan fingerprint density at radius 2 is 1.53 bits per heavy atom. The van der Waals surface area contributed by atoms with Gasteiger partial charge in [-0.2, -0.15) is 5.26 Å². The van der Waals surface area contributed by atoms with Gasteiger partial charge in [-0.05, 0) is 39.0 Å². The molecule has 1 nitrogen and oxygen atoms in total. The molecule has 0 aliphatic heterocycles. The predicted molar refractivity (Wildman–Crippen MR) is 66.4 cm³/mol. The molecule has 0 aromatic heterocycles. The zero-order valence-corrected chi connectivity index (χ0v) is 9.65. The van der Waals surface area contributed by atoms with E-state index in [-0.39, 0.29) is 0 Å². The number of allylic oxidation sites excluding steroid dienone is 6. The molecule has 15 heavy (non-hydrogen) atoms. The van der Waals surface area contributed by atoms with Gasteiger partial charge in [0, 0.05) is 6.42 Å². The number of unbranched alkanes of at least 4 members (excludes halogenated alkanes) is 4. The van der Waals surface area contributed by atoms with Crippen LogP contribution in [0, 0.1) is 11.3 Å². The van der Waals surface area contributed by atoms with Crippen LogP contribution >= 0.6 is 0 Å². The van der Waals surface area contributed by atoms with E-state index >= 15 is 0 Å². The van der Waals surface area contributed by atoms with Crippen LogP contribution in [0.2, 0.25) is 0 Å². The number of nitrogens with zero attached hydrogens (tertiary/aromatic N) is 1. The van der Waals surface area contributed by atoms with E-state index in [1.54, 1.807) is 0 Å². The minimum Gasteiger partial charge on any atom is -0.198 e. The summed E-state index contributed by atoms with van der Waals surface area (Å²) >= 11 is 0. The average molecular weight is 203 g/mol. The Hall–Kier alpha value is -1.29. The van der Waals surface area contributed by atoms with Crippen LogP contribution in [0.3, 0.4) is 0 Å². The third-order valence-corrected chi connectivity index (χ3v) is 2.03. The maximum Gasteiger partial charge on any atom is 0.0625 e. The Kier molecular flexibility index (Phi) is 11.6. The second-order valence-electron chi connectivity index (χ2n) is 3.41. The molecule has 0 saturated heterocycles. The molecule has 0 amide bonds. The molecule has 0 N–H and O–H groups in total. The molecule has 0 spiro atoms. The molecular weight excluding hydrogens is 182 g/mol. The Morgan fingerprint density at radius 1 is 0.933 bits per heavy atom. The predicted octanol–water partition coefficient (Wildman–Crippen LogP) is 4.54. The lowest BCUT2D eigenvalue weighted by atomic mass is 10.2. The van der Waals surface area contributed by atoms with Crippen molar-refractivity contribution in [1.29, 1.82) is 5.26 Å². The molecule has 82 valence electrons. The Balaban J connectivity index is 3.24. The van der Waals surface area contributed by atoms with Gasteiger partial charge in [0.25, 0.3) is 0 Å². The van der Waals surface area contributed by atoms with Gasteiger partial charge >= 0.3 is 0 Å². The minimum absolute atomic E-state index is 0.619. The van der Waals surface area contributed by atoms with Crippen molar-refractivity contribution in [2.75, 3.05) is 0 Å². The van der Waals surface area contributed by atoms with Crippen LogP contribution < -0.4 is 0 Å². The highest BCUT2D eigenvalue weighted by Crippen LogP contribution is 2.01. The zero-order valence-electron chi connectivity index (χ0n) is 9.65. The summed E-state index contributed by atoms with van der Waals surface area (Å²) < 4.78 is 0. The maximum atomic E-state index is 8.30. The van der Waals surface area contributed by atoms with Crippen LogP contribution in [0.15, 0.2) is 36.5 Å². The van der Waals surface area contributed by atoms with Gasteiger partial charge in [0.15, 0.2) is 0 Å². The second-order valence-corrected chi connectivity index (χ2v) is 3.41. The van der Waals surface area contributed by atoms with Crippen LogP contribution in [0.4, 0.5) is 0 Å². The number of hydrogen-bond donors (Lipinski definition) is 0. The van der Waals surface area contributed by atoms with Gasteiger partial charge < -0.3 is 0 Å². The molecule has 0 aliphatic carbocycles. The van der Waals surface area contributed by atoms with E-state index in [9.17, 15) is 0 Å². The molecular formula is C14H21N. The van der Waals surface area contributed by atoms with Crippen LogP contribution in [0.5, 0.6) is 0 Å². The summed E-state index contributed by atoms with van der Waals surface area (Å²) in [7, 11) is 0. The van der Waals surface area contributed by atoms with Crippen molar-refractivity contribution in [1.82, 2.24) is 0 Å². The van der Waals surface area contributed by atoms with E-state index in [4.69, 9.17) is 5.26 Å². The molecule has 0 bridgehead atoms. The fraction of sp³-hybridized carbons (Fsp3) is 0.500. The van der Waals surface area contributed by atoms with E-state index in [1.807, 2.05) is 12.2 Å². The number of nitriles is 1. The lowest BCUT2D eigenvalue weighted by Gasteiger charge is -1.91. The first-order valence-corrected chi connectivity index (χ1v) is 5.71. The van der Waals surface area contributed by atoms with Gasteiger partial charge in [0.2, 0.25) is 0 Å². The molecule has 0 saturated carbocycles. The molecule has 0 radical (unpaired) electrons. The van der Waals surface area contributed by atoms with E-state index in [0.29, 0.717) is 6.42 Å². The van der Waals surface area contributed by atoms with E-state index in [2.05, 4.69) is 37.3 Å². The molecule has 0 heterocycles. The summed E-state index contributed by atoms with van der Waals surface area (Å²) in [4.78, 5) is 0. The van der Waals surface area contributed by atoms with Crippen LogP contribution in [-0.2, 0) is 0 Å². The standard InChI is InChI=1S/C14H21N/c1-2-3-4-5-6-7-8-9-10-11-12-13-14-15/h2-3,8-11H,4-7,12-13H2,1H3/b3-2+,9-8+,11-10+. The first kappa shape index (κ1) is 13.7. The first-order chi connectivity index (χ1) is 7.41. The largest absolute Gasteiger partial charge is 0.198 e. The van der Waals surface area contributed by atoms with Crippen LogP contribution in [0.1, 0.15) is 45.4 Å².